The van der Waals surface area contributed by atoms with Crippen LogP contribution in [0.1, 0.15) is 18.9 Å². The van der Waals surface area contributed by atoms with E-state index in [2.05, 4.69) is 10.2 Å². The van der Waals surface area contributed by atoms with Crippen LogP contribution in [0.5, 0.6) is 11.5 Å². The number of nitrogens with one attached hydrogen (secondary N) is 1. The molecule has 1 aliphatic heterocycles. The number of ether oxygens (including phenoxy) is 3. The van der Waals surface area contributed by atoms with Gasteiger partial charge in [0.2, 0.25) is 0 Å². The van der Waals surface area contributed by atoms with Crippen LogP contribution in [0.2, 0.25) is 5.02 Å². The minimum absolute atomic E-state index is 0. The Bertz CT molecular complexity index is 587. The second-order valence-electron chi connectivity index (χ2n) is 6.08. The number of carbonyl (C=O) groups is 1. The first-order chi connectivity index (χ1) is 12.6. The van der Waals surface area contributed by atoms with E-state index in [4.69, 9.17) is 31.5 Å². The van der Waals surface area contributed by atoms with Gasteiger partial charge >= 0.3 is 0 Å². The van der Waals surface area contributed by atoms with Crippen LogP contribution in [0.15, 0.2) is 12.1 Å². The minimum Gasteiger partial charge on any atom is -0.490 e. The van der Waals surface area contributed by atoms with Crippen molar-refractivity contribution in [3.8, 4) is 11.5 Å². The Kier molecular flexibility index (Phi) is 14.4. The number of primary amides is 1. The average molecular weight is 459 g/mol. The Hall–Kier alpha value is -0.960. The number of nitrogens with two attached hydrogens (primary N) is 1. The molecular weight excluding hydrogens is 429 g/mol. The summed E-state index contributed by atoms with van der Waals surface area (Å²) in [5, 5.41) is 3.83. The van der Waals surface area contributed by atoms with Crippen molar-refractivity contribution < 1.29 is 19.0 Å². The molecule has 1 aliphatic rings. The summed E-state index contributed by atoms with van der Waals surface area (Å²) in [6.45, 7) is 8.47. The van der Waals surface area contributed by atoms with E-state index in [0.717, 1.165) is 51.4 Å². The second kappa shape index (κ2) is 15.0. The third-order valence-corrected chi connectivity index (χ3v) is 4.27. The molecule has 10 heteroatoms. The molecule has 0 saturated carbocycles. The standard InChI is InChI=1S/C18H28ClN3O4.2ClH/c1-2-25-16-11-14(10-15(19)18(16)26-13-17(20)23)12-21-4-3-5-22-6-8-24-9-7-22;;/h10-11,21H,2-9,12-13H2,1H3,(H2,20,23);2*1H. The van der Waals surface area contributed by atoms with Gasteiger partial charge in [-0.05, 0) is 44.1 Å². The third kappa shape index (κ3) is 9.49. The average Bonchev–Trinajstić information content (AvgIpc) is 2.61. The van der Waals surface area contributed by atoms with Crippen molar-refractivity contribution in [2.45, 2.75) is 19.9 Å². The molecule has 162 valence electrons. The molecule has 3 N–H and O–H groups in total. The summed E-state index contributed by atoms with van der Waals surface area (Å²) in [7, 11) is 0. The maximum atomic E-state index is 10.9. The molecule has 1 aromatic carbocycles. The Labute approximate surface area is 184 Å². The molecule has 7 nitrogen and oxygen atoms in total. The lowest BCUT2D eigenvalue weighted by molar-refractivity contribution is -0.119. The van der Waals surface area contributed by atoms with Crippen LogP contribution in [0.4, 0.5) is 0 Å². The molecule has 1 fully saturated rings. The van der Waals surface area contributed by atoms with E-state index in [-0.39, 0.29) is 31.4 Å². The van der Waals surface area contributed by atoms with Gasteiger partial charge in [0.1, 0.15) is 0 Å². The molecule has 1 heterocycles. The number of hydrogen-bond donors (Lipinski definition) is 2. The summed E-state index contributed by atoms with van der Waals surface area (Å²) in [5.41, 5.74) is 6.12. The zero-order chi connectivity index (χ0) is 18.8. The highest BCUT2D eigenvalue weighted by Gasteiger charge is 2.14. The first-order valence-corrected chi connectivity index (χ1v) is 9.35. The molecule has 0 bridgehead atoms. The number of nitrogens with zero attached hydrogens (tertiary/aromatic N) is 1. The van der Waals surface area contributed by atoms with Crippen LogP contribution in [-0.4, -0.2) is 63.4 Å². The molecule has 0 aromatic heterocycles. The smallest absolute Gasteiger partial charge is 0.255 e. The molecule has 0 aliphatic carbocycles. The number of morpholine rings is 1. The monoisotopic (exact) mass is 457 g/mol. The van der Waals surface area contributed by atoms with Crippen molar-refractivity contribution in [2.75, 3.05) is 52.6 Å². The van der Waals surface area contributed by atoms with Crippen LogP contribution in [0, 0.1) is 0 Å². The van der Waals surface area contributed by atoms with E-state index in [1.165, 1.54) is 0 Å². The number of benzene rings is 1. The molecule has 2 rings (SSSR count). The summed E-state index contributed by atoms with van der Waals surface area (Å²) in [6, 6.07) is 3.69. The highest BCUT2D eigenvalue weighted by Crippen LogP contribution is 2.36. The van der Waals surface area contributed by atoms with Crippen LogP contribution >= 0.6 is 36.4 Å². The van der Waals surface area contributed by atoms with Crippen molar-refractivity contribution in [1.29, 1.82) is 0 Å². The van der Waals surface area contributed by atoms with Crippen LogP contribution in [-0.2, 0) is 16.1 Å². The van der Waals surface area contributed by atoms with Crippen LogP contribution in [0.3, 0.4) is 0 Å². The van der Waals surface area contributed by atoms with E-state index in [1.807, 2.05) is 19.1 Å². The summed E-state index contributed by atoms with van der Waals surface area (Å²) >= 11 is 6.29. The maximum Gasteiger partial charge on any atom is 0.255 e. The van der Waals surface area contributed by atoms with Gasteiger partial charge in [-0.2, -0.15) is 0 Å². The molecule has 0 atom stereocenters. The van der Waals surface area contributed by atoms with Crippen molar-refractivity contribution in [3.63, 3.8) is 0 Å². The molecule has 0 radical (unpaired) electrons. The van der Waals surface area contributed by atoms with E-state index < -0.39 is 5.91 Å². The van der Waals surface area contributed by atoms with Crippen molar-refractivity contribution in [3.05, 3.63) is 22.7 Å². The molecule has 1 amide bonds. The molecule has 0 spiro atoms. The number of amides is 1. The SMILES string of the molecule is CCOc1cc(CNCCCN2CCOCC2)cc(Cl)c1OCC(N)=O.Cl.Cl. The highest BCUT2D eigenvalue weighted by atomic mass is 35.5. The van der Waals surface area contributed by atoms with Gasteiger partial charge in [-0.15, -0.1) is 24.8 Å². The zero-order valence-electron chi connectivity index (χ0n) is 16.1. The Morgan fingerprint density at radius 2 is 2.00 bits per heavy atom. The number of rotatable bonds is 11. The first kappa shape index (κ1) is 27.0. The number of halogens is 3. The van der Waals surface area contributed by atoms with Gasteiger partial charge in [0.05, 0.1) is 24.8 Å². The Balaban J connectivity index is 0.00000364. The van der Waals surface area contributed by atoms with Gasteiger partial charge in [-0.1, -0.05) is 11.6 Å². The van der Waals surface area contributed by atoms with Crippen LogP contribution in [0.25, 0.3) is 0 Å². The molecular formula is C18H30Cl3N3O4. The predicted molar refractivity (Wildman–Crippen MR) is 115 cm³/mol. The summed E-state index contributed by atoms with van der Waals surface area (Å²) in [6.07, 6.45) is 1.08. The number of hydrogen-bond acceptors (Lipinski definition) is 6. The summed E-state index contributed by atoms with van der Waals surface area (Å²) in [4.78, 5) is 13.3. The van der Waals surface area contributed by atoms with Gasteiger partial charge < -0.3 is 25.3 Å². The van der Waals surface area contributed by atoms with Gasteiger partial charge in [-0.3, -0.25) is 9.69 Å². The highest BCUT2D eigenvalue weighted by molar-refractivity contribution is 6.32. The first-order valence-electron chi connectivity index (χ1n) is 8.97. The van der Waals surface area contributed by atoms with Crippen molar-refractivity contribution >= 4 is 42.3 Å². The van der Waals surface area contributed by atoms with E-state index >= 15 is 0 Å². The topological polar surface area (TPSA) is 86.1 Å². The largest absolute Gasteiger partial charge is 0.490 e. The van der Waals surface area contributed by atoms with Crippen molar-refractivity contribution in [2.24, 2.45) is 5.73 Å². The lowest BCUT2D eigenvalue weighted by Crippen LogP contribution is -2.37. The lowest BCUT2D eigenvalue weighted by Gasteiger charge is -2.26. The number of carbonyl (C=O) groups excluding carboxylic acids is 1. The molecule has 1 aromatic rings. The summed E-state index contributed by atoms with van der Waals surface area (Å²) in [5.74, 6) is 0.310. The Morgan fingerprint density at radius 1 is 1.29 bits per heavy atom. The van der Waals surface area contributed by atoms with E-state index in [1.54, 1.807) is 0 Å². The van der Waals surface area contributed by atoms with Gasteiger partial charge in [0.25, 0.3) is 5.91 Å². The zero-order valence-corrected chi connectivity index (χ0v) is 18.5. The third-order valence-electron chi connectivity index (χ3n) is 3.99. The fraction of sp³-hybridized carbons (Fsp3) is 0.611. The fourth-order valence-corrected chi connectivity index (χ4v) is 3.04. The normalized spacial score (nSPS) is 13.9. The molecule has 0 unspecified atom stereocenters. The second-order valence-corrected chi connectivity index (χ2v) is 6.48. The van der Waals surface area contributed by atoms with E-state index in [0.29, 0.717) is 29.7 Å². The summed E-state index contributed by atoms with van der Waals surface area (Å²) < 4.78 is 16.3. The minimum atomic E-state index is -0.561. The van der Waals surface area contributed by atoms with E-state index in [9.17, 15) is 4.79 Å². The van der Waals surface area contributed by atoms with Gasteiger partial charge in [0.15, 0.2) is 18.1 Å². The molecule has 28 heavy (non-hydrogen) atoms. The molecule has 1 saturated heterocycles. The fourth-order valence-electron chi connectivity index (χ4n) is 2.75. The van der Waals surface area contributed by atoms with Crippen LogP contribution < -0.4 is 20.5 Å². The predicted octanol–water partition coefficient (Wildman–Crippen LogP) is 2.26. The lowest BCUT2D eigenvalue weighted by atomic mass is 10.2. The maximum absolute atomic E-state index is 10.9. The van der Waals surface area contributed by atoms with Crippen molar-refractivity contribution in [1.82, 2.24) is 10.2 Å². The van der Waals surface area contributed by atoms with Gasteiger partial charge in [-0.25, -0.2) is 0 Å². The van der Waals surface area contributed by atoms with Gasteiger partial charge in [0, 0.05) is 19.6 Å². The quantitative estimate of drug-likeness (QED) is 0.495. The Morgan fingerprint density at radius 3 is 2.64 bits per heavy atom.